The Morgan fingerprint density at radius 1 is 1.17 bits per heavy atom. The Balaban J connectivity index is 1.69. The van der Waals surface area contributed by atoms with Crippen molar-refractivity contribution in [3.63, 3.8) is 0 Å². The lowest BCUT2D eigenvalue weighted by Crippen LogP contribution is -1.91. The van der Waals surface area contributed by atoms with E-state index in [1.807, 2.05) is 25.1 Å². The third-order valence-electron chi connectivity index (χ3n) is 4.28. The van der Waals surface area contributed by atoms with Crippen LogP contribution in [0.15, 0.2) is 68.5 Å². The van der Waals surface area contributed by atoms with E-state index in [0.29, 0.717) is 38.3 Å². The Morgan fingerprint density at radius 3 is 2.79 bits per heavy atom. The van der Waals surface area contributed by atoms with Gasteiger partial charge >= 0.3 is 0 Å². The molecular formula is C21H14BrN3O4. The lowest BCUT2D eigenvalue weighted by Gasteiger charge is -2.02. The first-order valence-corrected chi connectivity index (χ1v) is 9.38. The molecule has 0 aliphatic rings. The number of aryl methyl sites for hydroxylation is 1. The summed E-state index contributed by atoms with van der Waals surface area (Å²) in [5, 5.41) is 21.3. The van der Waals surface area contributed by atoms with Gasteiger partial charge in [-0.15, -0.1) is 0 Å². The predicted octanol–water partition coefficient (Wildman–Crippen LogP) is 5.93. The molecule has 0 fully saturated rings. The van der Waals surface area contributed by atoms with E-state index in [-0.39, 0.29) is 11.4 Å². The Morgan fingerprint density at radius 2 is 2.00 bits per heavy atom. The summed E-state index contributed by atoms with van der Waals surface area (Å²) >= 11 is 3.16. The van der Waals surface area contributed by atoms with E-state index >= 15 is 0 Å². The average molecular weight is 452 g/mol. The molecule has 0 saturated heterocycles. The number of aromatic nitrogens is 1. The van der Waals surface area contributed by atoms with Gasteiger partial charge in [0, 0.05) is 12.3 Å². The Labute approximate surface area is 173 Å². The van der Waals surface area contributed by atoms with Crippen LogP contribution in [0.3, 0.4) is 0 Å². The van der Waals surface area contributed by atoms with Crippen molar-refractivity contribution in [3.05, 3.63) is 80.3 Å². The highest BCUT2D eigenvalue weighted by Gasteiger charge is 2.14. The fourth-order valence-electron chi connectivity index (χ4n) is 2.82. The molecule has 0 saturated carbocycles. The molecule has 1 aromatic heterocycles. The molecule has 144 valence electrons. The van der Waals surface area contributed by atoms with Crippen LogP contribution in [0.4, 0.5) is 11.4 Å². The van der Waals surface area contributed by atoms with Gasteiger partial charge in [-0.2, -0.15) is 0 Å². The molecular weight excluding hydrogens is 438 g/mol. The van der Waals surface area contributed by atoms with Gasteiger partial charge in [-0.1, -0.05) is 12.1 Å². The van der Waals surface area contributed by atoms with Crippen LogP contribution in [0, 0.1) is 17.0 Å². The summed E-state index contributed by atoms with van der Waals surface area (Å²) in [6.45, 7) is 1.96. The van der Waals surface area contributed by atoms with E-state index in [9.17, 15) is 15.2 Å². The molecule has 1 N–H and O–H groups in total. The molecule has 1 heterocycles. The fraction of sp³-hybridized carbons (Fsp3) is 0.0476. The van der Waals surface area contributed by atoms with Crippen LogP contribution >= 0.6 is 15.9 Å². The second-order valence-electron chi connectivity index (χ2n) is 6.42. The van der Waals surface area contributed by atoms with Crippen LogP contribution in [-0.2, 0) is 0 Å². The van der Waals surface area contributed by atoms with Gasteiger partial charge in [0.15, 0.2) is 5.58 Å². The number of benzene rings is 3. The highest BCUT2D eigenvalue weighted by molar-refractivity contribution is 9.10. The number of oxazole rings is 1. The number of nitro groups is 1. The first-order valence-electron chi connectivity index (χ1n) is 8.59. The lowest BCUT2D eigenvalue weighted by molar-refractivity contribution is -0.385. The van der Waals surface area contributed by atoms with E-state index in [1.165, 1.54) is 18.3 Å². The minimum absolute atomic E-state index is 0.0199. The third-order valence-corrected chi connectivity index (χ3v) is 4.95. The summed E-state index contributed by atoms with van der Waals surface area (Å²) in [6.07, 6.45) is 1.52. The van der Waals surface area contributed by atoms with Gasteiger partial charge in [0.05, 0.1) is 20.6 Å². The van der Waals surface area contributed by atoms with Crippen molar-refractivity contribution in [1.82, 2.24) is 4.98 Å². The normalized spacial score (nSPS) is 11.4. The fourth-order valence-corrected chi connectivity index (χ4v) is 3.21. The molecule has 29 heavy (non-hydrogen) atoms. The molecule has 0 atom stereocenters. The monoisotopic (exact) mass is 451 g/mol. The van der Waals surface area contributed by atoms with Crippen molar-refractivity contribution in [2.45, 2.75) is 6.92 Å². The number of nitrogens with zero attached hydrogens (tertiary/aromatic N) is 3. The summed E-state index contributed by atoms with van der Waals surface area (Å²) in [5.41, 5.74) is 3.87. The lowest BCUT2D eigenvalue weighted by atomic mass is 10.1. The summed E-state index contributed by atoms with van der Waals surface area (Å²) in [7, 11) is 0. The molecule has 0 amide bonds. The summed E-state index contributed by atoms with van der Waals surface area (Å²) in [4.78, 5) is 19.4. The molecule has 7 nitrogen and oxygen atoms in total. The minimum atomic E-state index is -0.463. The van der Waals surface area contributed by atoms with Crippen molar-refractivity contribution in [3.8, 4) is 17.2 Å². The number of nitro benzene ring substituents is 1. The Hall–Kier alpha value is -3.52. The number of hydrogen-bond acceptors (Lipinski definition) is 6. The van der Waals surface area contributed by atoms with E-state index in [4.69, 9.17) is 4.42 Å². The standard InChI is InChI=1S/C21H14BrN3O4/c1-12-2-6-17-20(8-12)29-21(24-17)15-10-14(4-7-19(15)26)23-11-13-3-5-16(22)18(9-13)25(27)28/h2-11,26H,1H3. The Bertz CT molecular complexity index is 1280. The SMILES string of the molecule is Cc1ccc2nc(-c3cc(N=Cc4ccc(Br)c([N+](=O)[O-])c4)ccc3O)oc2c1. The smallest absolute Gasteiger partial charge is 0.284 e. The van der Waals surface area contributed by atoms with Crippen LogP contribution in [-0.4, -0.2) is 21.2 Å². The van der Waals surface area contributed by atoms with Crippen molar-refractivity contribution >= 4 is 44.6 Å². The van der Waals surface area contributed by atoms with E-state index in [2.05, 4.69) is 25.9 Å². The van der Waals surface area contributed by atoms with E-state index < -0.39 is 4.92 Å². The van der Waals surface area contributed by atoms with E-state index in [1.54, 1.807) is 24.3 Å². The molecule has 0 unspecified atom stereocenters. The highest BCUT2D eigenvalue weighted by atomic mass is 79.9. The number of aliphatic imine (C=N–C) groups is 1. The maximum Gasteiger partial charge on any atom is 0.284 e. The van der Waals surface area contributed by atoms with Gasteiger partial charge in [-0.25, -0.2) is 4.98 Å². The number of phenolic OH excluding ortho intramolecular Hbond substituents is 1. The summed E-state index contributed by atoms with van der Waals surface area (Å²) in [6, 6.07) is 15.2. The molecule has 4 aromatic rings. The highest BCUT2D eigenvalue weighted by Crippen LogP contribution is 2.34. The van der Waals surface area contributed by atoms with Gasteiger partial charge in [-0.05, 0) is 70.4 Å². The largest absolute Gasteiger partial charge is 0.507 e. The zero-order valence-electron chi connectivity index (χ0n) is 15.2. The molecule has 0 aliphatic carbocycles. The maximum atomic E-state index is 11.1. The average Bonchev–Trinajstić information content (AvgIpc) is 3.11. The number of hydrogen-bond donors (Lipinski definition) is 1. The van der Waals surface area contributed by atoms with Crippen LogP contribution < -0.4 is 0 Å². The van der Waals surface area contributed by atoms with Crippen LogP contribution in [0.1, 0.15) is 11.1 Å². The van der Waals surface area contributed by atoms with Gasteiger partial charge in [0.25, 0.3) is 5.69 Å². The number of rotatable bonds is 4. The zero-order chi connectivity index (χ0) is 20.5. The number of aromatic hydroxyl groups is 1. The minimum Gasteiger partial charge on any atom is -0.507 e. The molecule has 0 bridgehead atoms. The predicted molar refractivity (Wildman–Crippen MR) is 114 cm³/mol. The topological polar surface area (TPSA) is 102 Å². The van der Waals surface area contributed by atoms with Crippen molar-refractivity contribution in [2.24, 2.45) is 4.99 Å². The van der Waals surface area contributed by atoms with Crippen LogP contribution in [0.5, 0.6) is 5.75 Å². The third kappa shape index (κ3) is 3.88. The second-order valence-corrected chi connectivity index (χ2v) is 7.27. The number of fused-ring (bicyclic) bond motifs is 1. The van der Waals surface area contributed by atoms with Crippen LogP contribution in [0.2, 0.25) is 0 Å². The number of phenols is 1. The first-order chi connectivity index (χ1) is 13.9. The zero-order valence-corrected chi connectivity index (χ0v) is 16.8. The van der Waals surface area contributed by atoms with E-state index in [0.717, 1.165) is 5.56 Å². The molecule has 0 spiro atoms. The summed E-state index contributed by atoms with van der Waals surface area (Å²) < 4.78 is 6.19. The second kappa shape index (κ2) is 7.48. The molecule has 3 aromatic carbocycles. The molecule has 8 heteroatoms. The van der Waals surface area contributed by atoms with Crippen LogP contribution in [0.25, 0.3) is 22.6 Å². The van der Waals surface area contributed by atoms with Crippen molar-refractivity contribution in [2.75, 3.05) is 0 Å². The number of halogens is 1. The van der Waals surface area contributed by atoms with Gasteiger partial charge in [-0.3, -0.25) is 15.1 Å². The molecule has 0 aliphatic heterocycles. The summed E-state index contributed by atoms with van der Waals surface area (Å²) in [5.74, 6) is 0.311. The van der Waals surface area contributed by atoms with Gasteiger partial charge < -0.3 is 9.52 Å². The van der Waals surface area contributed by atoms with Gasteiger partial charge in [0.2, 0.25) is 5.89 Å². The molecule has 0 radical (unpaired) electrons. The van der Waals surface area contributed by atoms with Gasteiger partial charge in [0.1, 0.15) is 11.3 Å². The quantitative estimate of drug-likeness (QED) is 0.235. The van der Waals surface area contributed by atoms with Crippen molar-refractivity contribution < 1.29 is 14.4 Å². The first kappa shape index (κ1) is 18.8. The maximum absolute atomic E-state index is 11.1. The Kier molecular flexibility index (Phi) is 4.85. The molecule has 4 rings (SSSR count). The van der Waals surface area contributed by atoms with Crippen molar-refractivity contribution in [1.29, 1.82) is 0 Å².